The second-order valence-corrected chi connectivity index (χ2v) is 5.36. The Balaban J connectivity index is 1.83. The number of amides is 1. The Hall–Kier alpha value is -1.49. The van der Waals surface area contributed by atoms with Crippen molar-refractivity contribution in [1.29, 1.82) is 0 Å². The van der Waals surface area contributed by atoms with E-state index >= 15 is 0 Å². The molecule has 1 amide bonds. The maximum atomic E-state index is 13.4. The van der Waals surface area contributed by atoms with Gasteiger partial charge < -0.3 is 10.6 Å². The lowest BCUT2D eigenvalue weighted by atomic mass is 10.00. The van der Waals surface area contributed by atoms with Crippen LogP contribution < -0.4 is 10.6 Å². The molecule has 0 aliphatic heterocycles. The van der Waals surface area contributed by atoms with Crippen LogP contribution in [0.25, 0.3) is 0 Å². The molecule has 1 aromatic carbocycles. The molecule has 20 heavy (non-hydrogen) atoms. The van der Waals surface area contributed by atoms with Crippen molar-refractivity contribution in [3.05, 3.63) is 29.8 Å². The molecule has 2 N–H and O–H groups in total. The molecular weight excluding hydrogens is 262 g/mol. The average Bonchev–Trinajstić information content (AvgIpc) is 2.94. The zero-order chi connectivity index (χ0) is 14.5. The Kier molecular flexibility index (Phi) is 5.06. The molecule has 0 spiro atoms. The largest absolute Gasteiger partial charge is 0.320 e. The molecule has 1 atom stereocenters. The second kappa shape index (κ2) is 6.79. The number of hydrogen-bond acceptors (Lipinski definition) is 2. The summed E-state index contributed by atoms with van der Waals surface area (Å²) in [5, 5.41) is 5.40. The summed E-state index contributed by atoms with van der Waals surface area (Å²) >= 11 is 0. The number of hydrogen-bond donors (Lipinski definition) is 2. The zero-order valence-corrected chi connectivity index (χ0v) is 11.6. The Labute approximate surface area is 117 Å². The fourth-order valence-corrected chi connectivity index (χ4v) is 2.68. The highest BCUT2D eigenvalue weighted by atomic mass is 19.1. The lowest BCUT2D eigenvalue weighted by Crippen LogP contribution is -2.38. The van der Waals surface area contributed by atoms with Gasteiger partial charge in [0, 0.05) is 6.04 Å². The van der Waals surface area contributed by atoms with Crippen molar-refractivity contribution in [2.75, 3.05) is 11.9 Å². The number of benzene rings is 1. The van der Waals surface area contributed by atoms with Gasteiger partial charge >= 0.3 is 0 Å². The molecule has 110 valence electrons. The molecule has 5 heteroatoms. The molecule has 1 unspecified atom stereocenters. The fraction of sp³-hybridized carbons (Fsp3) is 0.533. The maximum Gasteiger partial charge on any atom is 0.238 e. The van der Waals surface area contributed by atoms with E-state index in [-0.39, 0.29) is 18.3 Å². The molecule has 1 aliphatic carbocycles. The van der Waals surface area contributed by atoms with Crippen molar-refractivity contribution >= 4 is 11.6 Å². The van der Waals surface area contributed by atoms with Gasteiger partial charge in [-0.15, -0.1) is 0 Å². The SMILES string of the molecule is CC(NCC(=O)Nc1c(F)cccc1F)C1CCCC1. The smallest absolute Gasteiger partial charge is 0.238 e. The van der Waals surface area contributed by atoms with E-state index in [1.165, 1.54) is 31.7 Å². The number of carbonyl (C=O) groups is 1. The van der Waals surface area contributed by atoms with E-state index in [0.29, 0.717) is 5.92 Å². The number of rotatable bonds is 5. The van der Waals surface area contributed by atoms with Gasteiger partial charge in [-0.3, -0.25) is 4.79 Å². The third-order valence-electron chi connectivity index (χ3n) is 3.92. The molecule has 1 fully saturated rings. The number of anilines is 1. The molecule has 1 saturated carbocycles. The van der Waals surface area contributed by atoms with Crippen LogP contribution in [0.4, 0.5) is 14.5 Å². The lowest BCUT2D eigenvalue weighted by Gasteiger charge is -2.20. The highest BCUT2D eigenvalue weighted by molar-refractivity contribution is 5.92. The van der Waals surface area contributed by atoms with Gasteiger partial charge in [0.25, 0.3) is 0 Å². The van der Waals surface area contributed by atoms with E-state index in [0.717, 1.165) is 12.1 Å². The van der Waals surface area contributed by atoms with Crippen LogP contribution in [0.15, 0.2) is 18.2 Å². The normalized spacial score (nSPS) is 17.1. The second-order valence-electron chi connectivity index (χ2n) is 5.36. The molecule has 0 heterocycles. The number of nitrogens with one attached hydrogen (secondary N) is 2. The third-order valence-corrected chi connectivity index (χ3v) is 3.92. The summed E-state index contributed by atoms with van der Waals surface area (Å²) in [4.78, 5) is 11.7. The van der Waals surface area contributed by atoms with Gasteiger partial charge in [0.15, 0.2) is 0 Å². The van der Waals surface area contributed by atoms with Crippen molar-refractivity contribution in [2.45, 2.75) is 38.6 Å². The first-order valence-corrected chi connectivity index (χ1v) is 7.05. The van der Waals surface area contributed by atoms with E-state index < -0.39 is 17.5 Å². The zero-order valence-electron chi connectivity index (χ0n) is 11.6. The first-order chi connectivity index (χ1) is 9.58. The number of halogens is 2. The molecule has 0 aromatic heterocycles. The summed E-state index contributed by atoms with van der Waals surface area (Å²) in [7, 11) is 0. The first kappa shape index (κ1) is 14.9. The van der Waals surface area contributed by atoms with E-state index in [4.69, 9.17) is 0 Å². The van der Waals surface area contributed by atoms with Crippen LogP contribution in [0.3, 0.4) is 0 Å². The van der Waals surface area contributed by atoms with Crippen molar-refractivity contribution < 1.29 is 13.6 Å². The van der Waals surface area contributed by atoms with Crippen LogP contribution in [-0.2, 0) is 4.79 Å². The van der Waals surface area contributed by atoms with Gasteiger partial charge in [-0.2, -0.15) is 0 Å². The van der Waals surface area contributed by atoms with Crippen molar-refractivity contribution in [2.24, 2.45) is 5.92 Å². The minimum Gasteiger partial charge on any atom is -0.320 e. The van der Waals surface area contributed by atoms with E-state index in [1.807, 2.05) is 6.92 Å². The molecular formula is C15H20F2N2O. The average molecular weight is 282 g/mol. The Morgan fingerprint density at radius 3 is 2.50 bits per heavy atom. The predicted octanol–water partition coefficient (Wildman–Crippen LogP) is 3.07. The first-order valence-electron chi connectivity index (χ1n) is 7.05. The monoisotopic (exact) mass is 282 g/mol. The minimum absolute atomic E-state index is 0.0610. The molecule has 3 nitrogen and oxygen atoms in total. The summed E-state index contributed by atoms with van der Waals surface area (Å²) in [5.74, 6) is -1.36. The summed E-state index contributed by atoms with van der Waals surface area (Å²) in [5.41, 5.74) is -0.382. The molecule has 0 saturated heterocycles. The highest BCUT2D eigenvalue weighted by Crippen LogP contribution is 2.27. The molecule has 0 bridgehead atoms. The van der Waals surface area contributed by atoms with Gasteiger partial charge in [0.2, 0.25) is 5.91 Å². The minimum atomic E-state index is -0.762. The van der Waals surface area contributed by atoms with Crippen molar-refractivity contribution in [1.82, 2.24) is 5.32 Å². The summed E-state index contributed by atoms with van der Waals surface area (Å²) in [6, 6.07) is 3.75. The van der Waals surface area contributed by atoms with E-state index in [1.54, 1.807) is 0 Å². The summed E-state index contributed by atoms with van der Waals surface area (Å²) < 4.78 is 26.8. The van der Waals surface area contributed by atoms with Crippen molar-refractivity contribution in [3.63, 3.8) is 0 Å². The standard InChI is InChI=1S/C15H20F2N2O/c1-10(11-5-2-3-6-11)18-9-14(20)19-15-12(16)7-4-8-13(15)17/h4,7-8,10-11,18H,2-3,5-6,9H2,1H3,(H,19,20). The van der Waals surface area contributed by atoms with E-state index in [2.05, 4.69) is 10.6 Å². The topological polar surface area (TPSA) is 41.1 Å². The van der Waals surface area contributed by atoms with Gasteiger partial charge in [-0.25, -0.2) is 8.78 Å². The Bertz CT molecular complexity index is 453. The van der Waals surface area contributed by atoms with Crippen LogP contribution in [0.5, 0.6) is 0 Å². The molecule has 2 rings (SSSR count). The summed E-state index contributed by atoms with van der Waals surface area (Å²) in [6.07, 6.45) is 4.84. The molecule has 0 radical (unpaired) electrons. The molecule has 1 aromatic rings. The van der Waals surface area contributed by atoms with Gasteiger partial charge in [0.05, 0.1) is 6.54 Å². The van der Waals surface area contributed by atoms with Gasteiger partial charge in [-0.05, 0) is 37.8 Å². The van der Waals surface area contributed by atoms with Crippen LogP contribution in [0.2, 0.25) is 0 Å². The fourth-order valence-electron chi connectivity index (χ4n) is 2.68. The number of para-hydroxylation sites is 1. The van der Waals surface area contributed by atoms with Crippen LogP contribution in [-0.4, -0.2) is 18.5 Å². The maximum absolute atomic E-state index is 13.4. The third kappa shape index (κ3) is 3.76. The van der Waals surface area contributed by atoms with Gasteiger partial charge in [-0.1, -0.05) is 18.9 Å². The Morgan fingerprint density at radius 2 is 1.90 bits per heavy atom. The van der Waals surface area contributed by atoms with Crippen LogP contribution in [0, 0.1) is 17.6 Å². The van der Waals surface area contributed by atoms with Crippen LogP contribution >= 0.6 is 0 Å². The lowest BCUT2D eigenvalue weighted by molar-refractivity contribution is -0.115. The number of carbonyl (C=O) groups excluding carboxylic acids is 1. The summed E-state index contributed by atoms with van der Waals surface area (Å²) in [6.45, 7) is 2.11. The predicted molar refractivity (Wildman–Crippen MR) is 74.4 cm³/mol. The molecule has 1 aliphatic rings. The Morgan fingerprint density at radius 1 is 1.30 bits per heavy atom. The van der Waals surface area contributed by atoms with E-state index in [9.17, 15) is 13.6 Å². The quantitative estimate of drug-likeness (QED) is 0.871. The van der Waals surface area contributed by atoms with Crippen molar-refractivity contribution in [3.8, 4) is 0 Å². The highest BCUT2D eigenvalue weighted by Gasteiger charge is 2.21. The van der Waals surface area contributed by atoms with Crippen LogP contribution in [0.1, 0.15) is 32.6 Å². The van der Waals surface area contributed by atoms with Gasteiger partial charge in [0.1, 0.15) is 17.3 Å².